The van der Waals surface area contributed by atoms with E-state index in [1.807, 2.05) is 5.43 Å². The molecule has 0 saturated heterocycles. The van der Waals surface area contributed by atoms with Crippen molar-refractivity contribution in [2.24, 2.45) is 5.84 Å². The van der Waals surface area contributed by atoms with Crippen LogP contribution >= 0.6 is 11.6 Å². The molecule has 1 aromatic rings. The van der Waals surface area contributed by atoms with Gasteiger partial charge in [0.15, 0.2) is 0 Å². The topological polar surface area (TPSA) is 73.6 Å². The Morgan fingerprint density at radius 1 is 1.65 bits per heavy atom. The van der Waals surface area contributed by atoms with E-state index < -0.39 is 17.8 Å². The minimum atomic E-state index is -0.953. The van der Waals surface area contributed by atoms with E-state index in [1.54, 1.807) is 0 Å². The smallest absolute Gasteiger partial charge is 0.277 e. The lowest BCUT2D eigenvalue weighted by molar-refractivity contribution is -0.130. The fourth-order valence-corrected chi connectivity index (χ4v) is 1.24. The van der Waals surface area contributed by atoms with Crippen LogP contribution in [0, 0.1) is 5.82 Å². The Kier molecular flexibility index (Phi) is 5.14. The van der Waals surface area contributed by atoms with Crippen LogP contribution in [0.3, 0.4) is 0 Å². The zero-order valence-electron chi connectivity index (χ0n) is 9.07. The Morgan fingerprint density at radius 2 is 2.35 bits per heavy atom. The van der Waals surface area contributed by atoms with Crippen LogP contribution in [0.15, 0.2) is 18.2 Å². The summed E-state index contributed by atoms with van der Waals surface area (Å²) in [5.74, 6) is 3.95. The summed E-state index contributed by atoms with van der Waals surface area (Å²) in [5.41, 5.74) is 1.93. The summed E-state index contributed by atoms with van der Waals surface area (Å²) in [5, 5.41) is -0.0242. The van der Waals surface area contributed by atoms with Crippen molar-refractivity contribution in [2.75, 3.05) is 13.7 Å². The number of ether oxygens (including phenoxy) is 2. The molecular weight excluding hydrogens is 251 g/mol. The molecule has 1 aromatic carbocycles. The van der Waals surface area contributed by atoms with Crippen LogP contribution in [0.25, 0.3) is 0 Å². The van der Waals surface area contributed by atoms with Gasteiger partial charge in [0, 0.05) is 13.2 Å². The van der Waals surface area contributed by atoms with Crippen molar-refractivity contribution < 1.29 is 18.7 Å². The third kappa shape index (κ3) is 3.85. The Hall–Kier alpha value is -1.37. The third-order valence-corrected chi connectivity index (χ3v) is 2.23. The van der Waals surface area contributed by atoms with Crippen molar-refractivity contribution in [1.29, 1.82) is 0 Å². The largest absolute Gasteiger partial charge is 0.478 e. The number of nitrogens with two attached hydrogens (primary N) is 1. The summed E-state index contributed by atoms with van der Waals surface area (Å²) in [4.78, 5) is 11.3. The minimum Gasteiger partial charge on any atom is -0.478 e. The quantitative estimate of drug-likeness (QED) is 0.469. The first-order chi connectivity index (χ1) is 8.08. The number of carbonyl (C=O) groups is 1. The van der Waals surface area contributed by atoms with Crippen LogP contribution < -0.4 is 16.0 Å². The molecule has 0 aliphatic carbocycles. The number of carbonyl (C=O) groups excluding carboxylic acids is 1. The highest BCUT2D eigenvalue weighted by molar-refractivity contribution is 6.30. The lowest BCUT2D eigenvalue weighted by atomic mass is 10.3. The van der Waals surface area contributed by atoms with Crippen molar-refractivity contribution >= 4 is 17.5 Å². The van der Waals surface area contributed by atoms with E-state index in [4.69, 9.17) is 26.9 Å². The summed E-state index contributed by atoms with van der Waals surface area (Å²) in [6.07, 6.45) is -0.953. The molecule has 0 saturated carbocycles. The van der Waals surface area contributed by atoms with Gasteiger partial charge < -0.3 is 9.47 Å². The number of hydrogen-bond acceptors (Lipinski definition) is 4. The number of nitrogens with one attached hydrogen (secondary N) is 1. The molecule has 1 amide bonds. The van der Waals surface area contributed by atoms with Gasteiger partial charge >= 0.3 is 0 Å². The van der Waals surface area contributed by atoms with Gasteiger partial charge in [-0.15, -0.1) is 0 Å². The molecular formula is C10H12ClFN2O3. The first kappa shape index (κ1) is 13.7. The number of benzene rings is 1. The molecule has 7 heteroatoms. The van der Waals surface area contributed by atoms with Gasteiger partial charge in [0.1, 0.15) is 11.6 Å². The van der Waals surface area contributed by atoms with Crippen LogP contribution in [0.5, 0.6) is 5.75 Å². The Balaban J connectivity index is 2.78. The maximum Gasteiger partial charge on any atom is 0.277 e. The van der Waals surface area contributed by atoms with Crippen LogP contribution in [0.4, 0.5) is 4.39 Å². The first-order valence-electron chi connectivity index (χ1n) is 4.69. The number of amides is 1. The maximum atomic E-state index is 13.1. The van der Waals surface area contributed by atoms with Gasteiger partial charge in [-0.2, -0.15) is 0 Å². The summed E-state index contributed by atoms with van der Waals surface area (Å²) >= 11 is 5.51. The molecule has 1 rings (SSSR count). The SMILES string of the molecule is COCC(Oc1ccc(Cl)c(F)c1)C(=O)NN. The van der Waals surface area contributed by atoms with E-state index >= 15 is 0 Å². The van der Waals surface area contributed by atoms with Crippen LogP contribution in [0.2, 0.25) is 5.02 Å². The molecule has 0 aromatic heterocycles. The Bertz CT molecular complexity index is 403. The number of rotatable bonds is 5. The van der Waals surface area contributed by atoms with Crippen LogP contribution in [-0.4, -0.2) is 25.7 Å². The average molecular weight is 263 g/mol. The van der Waals surface area contributed by atoms with E-state index in [-0.39, 0.29) is 17.4 Å². The molecule has 0 fully saturated rings. The third-order valence-electron chi connectivity index (χ3n) is 1.92. The van der Waals surface area contributed by atoms with E-state index in [2.05, 4.69) is 0 Å². The number of hydrazine groups is 1. The zero-order chi connectivity index (χ0) is 12.8. The molecule has 17 heavy (non-hydrogen) atoms. The van der Waals surface area contributed by atoms with Crippen molar-refractivity contribution in [1.82, 2.24) is 5.43 Å². The summed E-state index contributed by atoms with van der Waals surface area (Å²) in [6.45, 7) is -0.00667. The highest BCUT2D eigenvalue weighted by atomic mass is 35.5. The Labute approximate surface area is 103 Å². The van der Waals surface area contributed by atoms with Crippen molar-refractivity contribution in [3.63, 3.8) is 0 Å². The fraction of sp³-hybridized carbons (Fsp3) is 0.300. The van der Waals surface area contributed by atoms with Crippen molar-refractivity contribution in [3.05, 3.63) is 29.0 Å². The van der Waals surface area contributed by atoms with Crippen molar-refractivity contribution in [2.45, 2.75) is 6.10 Å². The molecule has 0 bridgehead atoms. The minimum absolute atomic E-state index is 0.00667. The van der Waals surface area contributed by atoms with Gasteiger partial charge in [-0.25, -0.2) is 10.2 Å². The predicted octanol–water partition coefficient (Wildman–Crippen LogP) is 0.863. The molecule has 0 spiro atoms. The molecule has 1 unspecified atom stereocenters. The Morgan fingerprint density at radius 3 is 2.88 bits per heavy atom. The highest BCUT2D eigenvalue weighted by Gasteiger charge is 2.19. The predicted molar refractivity (Wildman–Crippen MR) is 60.0 cm³/mol. The van der Waals surface area contributed by atoms with E-state index in [0.29, 0.717) is 0 Å². The molecule has 0 radical (unpaired) electrons. The molecule has 0 aliphatic heterocycles. The van der Waals surface area contributed by atoms with Gasteiger partial charge in [0.25, 0.3) is 5.91 Å². The van der Waals surface area contributed by atoms with E-state index in [9.17, 15) is 9.18 Å². The molecule has 5 nitrogen and oxygen atoms in total. The van der Waals surface area contributed by atoms with Gasteiger partial charge in [0.2, 0.25) is 6.10 Å². The molecule has 0 aliphatic rings. The second-order valence-electron chi connectivity index (χ2n) is 3.15. The second-order valence-corrected chi connectivity index (χ2v) is 3.55. The fourth-order valence-electron chi connectivity index (χ4n) is 1.12. The van der Waals surface area contributed by atoms with Gasteiger partial charge in [-0.05, 0) is 12.1 Å². The lowest BCUT2D eigenvalue weighted by Crippen LogP contribution is -2.44. The second kappa shape index (κ2) is 6.39. The number of hydrogen-bond donors (Lipinski definition) is 2. The highest BCUT2D eigenvalue weighted by Crippen LogP contribution is 2.21. The van der Waals surface area contributed by atoms with E-state index in [0.717, 1.165) is 6.07 Å². The normalized spacial score (nSPS) is 12.0. The summed E-state index contributed by atoms with van der Waals surface area (Å²) in [7, 11) is 1.41. The average Bonchev–Trinajstić information content (AvgIpc) is 2.32. The van der Waals surface area contributed by atoms with E-state index in [1.165, 1.54) is 19.2 Å². The summed E-state index contributed by atoms with van der Waals surface area (Å²) < 4.78 is 23.1. The standard InChI is InChI=1S/C10H12ClFN2O3/c1-16-5-9(10(15)14-13)17-6-2-3-7(11)8(12)4-6/h2-4,9H,5,13H2,1H3,(H,14,15). The van der Waals surface area contributed by atoms with Crippen LogP contribution in [-0.2, 0) is 9.53 Å². The van der Waals surface area contributed by atoms with Gasteiger partial charge in [-0.1, -0.05) is 11.6 Å². The number of methoxy groups -OCH3 is 1. The van der Waals surface area contributed by atoms with Crippen LogP contribution in [0.1, 0.15) is 0 Å². The number of halogens is 2. The maximum absolute atomic E-state index is 13.1. The molecule has 0 heterocycles. The summed E-state index contributed by atoms with van der Waals surface area (Å²) in [6, 6.07) is 3.85. The lowest BCUT2D eigenvalue weighted by Gasteiger charge is -2.16. The molecule has 3 N–H and O–H groups in total. The van der Waals surface area contributed by atoms with Gasteiger partial charge in [0.05, 0.1) is 11.6 Å². The molecule has 1 atom stereocenters. The molecule has 94 valence electrons. The van der Waals surface area contributed by atoms with Gasteiger partial charge in [-0.3, -0.25) is 10.2 Å². The van der Waals surface area contributed by atoms with Crippen molar-refractivity contribution in [3.8, 4) is 5.75 Å². The zero-order valence-corrected chi connectivity index (χ0v) is 9.83. The monoisotopic (exact) mass is 262 g/mol. The first-order valence-corrected chi connectivity index (χ1v) is 5.07.